The lowest BCUT2D eigenvalue weighted by molar-refractivity contribution is -0.138. The van der Waals surface area contributed by atoms with E-state index in [0.717, 1.165) is 0 Å². The molecule has 0 aliphatic rings. The summed E-state index contributed by atoms with van der Waals surface area (Å²) in [6.07, 6.45) is 2.86. The molecule has 0 saturated carbocycles. The van der Waals surface area contributed by atoms with Crippen LogP contribution in [-0.2, 0) is 4.79 Å². The third kappa shape index (κ3) is 2.32. The van der Waals surface area contributed by atoms with Gasteiger partial charge in [-0.2, -0.15) is 0 Å². The van der Waals surface area contributed by atoms with E-state index in [-0.39, 0.29) is 5.15 Å². The van der Waals surface area contributed by atoms with Gasteiger partial charge in [-0.25, -0.2) is 9.78 Å². The molecule has 0 aliphatic carbocycles. The van der Waals surface area contributed by atoms with E-state index in [0.29, 0.717) is 5.82 Å². The van der Waals surface area contributed by atoms with Crippen molar-refractivity contribution in [3.05, 3.63) is 17.5 Å². The molecule has 0 bridgehead atoms. The summed E-state index contributed by atoms with van der Waals surface area (Å²) in [6, 6.07) is -0.664. The Morgan fingerprint density at radius 1 is 1.64 bits per heavy atom. The van der Waals surface area contributed by atoms with Crippen LogP contribution in [0.1, 0.15) is 6.92 Å². The number of carbonyl (C=O) groups is 1. The zero-order valence-electron chi connectivity index (χ0n) is 7.81. The lowest BCUT2D eigenvalue weighted by Crippen LogP contribution is -2.36. The second-order valence-corrected chi connectivity index (χ2v) is 3.21. The van der Waals surface area contributed by atoms with Crippen molar-refractivity contribution in [1.29, 1.82) is 0 Å². The SMILES string of the molecule is CC(C(=O)O)N(C)c1cncc(Cl)n1. The summed E-state index contributed by atoms with van der Waals surface area (Å²) >= 11 is 5.63. The van der Waals surface area contributed by atoms with E-state index in [1.54, 1.807) is 14.0 Å². The van der Waals surface area contributed by atoms with Crippen molar-refractivity contribution < 1.29 is 9.90 Å². The van der Waals surface area contributed by atoms with Crippen molar-refractivity contribution in [2.45, 2.75) is 13.0 Å². The number of likely N-dealkylation sites (N-methyl/N-ethyl adjacent to an activating group) is 1. The Balaban J connectivity index is 2.89. The second kappa shape index (κ2) is 4.23. The van der Waals surface area contributed by atoms with Crippen LogP contribution in [0, 0.1) is 0 Å². The van der Waals surface area contributed by atoms with Crippen LogP contribution >= 0.6 is 11.6 Å². The van der Waals surface area contributed by atoms with Gasteiger partial charge in [-0.05, 0) is 6.92 Å². The molecule has 0 radical (unpaired) electrons. The number of anilines is 1. The first-order chi connectivity index (χ1) is 6.52. The van der Waals surface area contributed by atoms with Crippen LogP contribution in [0.15, 0.2) is 12.4 Å². The lowest BCUT2D eigenvalue weighted by Gasteiger charge is -2.21. The monoisotopic (exact) mass is 215 g/mol. The number of hydrogen-bond donors (Lipinski definition) is 1. The van der Waals surface area contributed by atoms with E-state index in [1.807, 2.05) is 0 Å². The minimum Gasteiger partial charge on any atom is -0.480 e. The van der Waals surface area contributed by atoms with Crippen LogP contribution in [0.3, 0.4) is 0 Å². The smallest absolute Gasteiger partial charge is 0.326 e. The number of aromatic nitrogens is 2. The van der Waals surface area contributed by atoms with E-state index >= 15 is 0 Å². The van der Waals surface area contributed by atoms with Gasteiger partial charge in [0.2, 0.25) is 0 Å². The molecule has 0 fully saturated rings. The molecule has 1 aromatic heterocycles. The molecule has 1 atom stereocenters. The van der Waals surface area contributed by atoms with Crippen LogP contribution in [-0.4, -0.2) is 34.1 Å². The number of rotatable bonds is 3. The number of aliphatic carboxylic acids is 1. The van der Waals surface area contributed by atoms with E-state index in [1.165, 1.54) is 17.3 Å². The van der Waals surface area contributed by atoms with Crippen LogP contribution < -0.4 is 4.90 Å². The fraction of sp³-hybridized carbons (Fsp3) is 0.375. The van der Waals surface area contributed by atoms with Crippen molar-refractivity contribution >= 4 is 23.4 Å². The third-order valence-corrected chi connectivity index (χ3v) is 2.07. The minimum atomic E-state index is -0.922. The minimum absolute atomic E-state index is 0.243. The molecule has 5 nitrogen and oxygen atoms in total. The summed E-state index contributed by atoms with van der Waals surface area (Å²) in [6.45, 7) is 1.56. The topological polar surface area (TPSA) is 66.3 Å². The first-order valence-corrected chi connectivity index (χ1v) is 4.33. The van der Waals surface area contributed by atoms with Crippen LogP contribution in [0.25, 0.3) is 0 Å². The lowest BCUT2D eigenvalue weighted by atomic mass is 10.3. The summed E-state index contributed by atoms with van der Waals surface area (Å²) in [7, 11) is 1.62. The fourth-order valence-electron chi connectivity index (χ4n) is 0.867. The van der Waals surface area contributed by atoms with E-state index in [9.17, 15) is 4.79 Å². The average Bonchev–Trinajstić information content (AvgIpc) is 2.15. The summed E-state index contributed by atoms with van der Waals surface area (Å²) in [5.74, 6) is -0.485. The Morgan fingerprint density at radius 2 is 2.29 bits per heavy atom. The highest BCUT2D eigenvalue weighted by Gasteiger charge is 2.18. The van der Waals surface area contributed by atoms with Crippen LogP contribution in [0.5, 0.6) is 0 Å². The van der Waals surface area contributed by atoms with Crippen molar-refractivity contribution in [3.8, 4) is 0 Å². The first-order valence-electron chi connectivity index (χ1n) is 3.95. The number of halogens is 1. The standard InChI is InChI=1S/C8H10ClN3O2/c1-5(8(13)14)12(2)7-4-10-3-6(9)11-7/h3-5H,1-2H3,(H,13,14). The Kier molecular flexibility index (Phi) is 3.24. The van der Waals surface area contributed by atoms with Gasteiger partial charge in [-0.15, -0.1) is 0 Å². The molecular weight excluding hydrogens is 206 g/mol. The van der Waals surface area contributed by atoms with Crippen molar-refractivity contribution in [1.82, 2.24) is 9.97 Å². The fourth-order valence-corrected chi connectivity index (χ4v) is 1.01. The Labute approximate surface area is 86.3 Å². The predicted octanol–water partition coefficient (Wildman–Crippen LogP) is 1.04. The van der Waals surface area contributed by atoms with Crippen LogP contribution in [0.4, 0.5) is 5.82 Å². The van der Waals surface area contributed by atoms with Gasteiger partial charge >= 0.3 is 5.97 Å². The Bertz CT molecular complexity index is 345. The zero-order chi connectivity index (χ0) is 10.7. The molecule has 1 N–H and O–H groups in total. The second-order valence-electron chi connectivity index (χ2n) is 2.83. The molecule has 1 unspecified atom stereocenters. The normalized spacial score (nSPS) is 12.2. The number of carboxylic acids is 1. The maximum atomic E-state index is 10.7. The quantitative estimate of drug-likeness (QED) is 0.816. The molecule has 0 saturated heterocycles. The molecule has 14 heavy (non-hydrogen) atoms. The highest BCUT2D eigenvalue weighted by molar-refractivity contribution is 6.29. The maximum Gasteiger partial charge on any atom is 0.326 e. The van der Waals surface area contributed by atoms with Crippen molar-refractivity contribution in [2.75, 3.05) is 11.9 Å². The average molecular weight is 216 g/mol. The van der Waals surface area contributed by atoms with Gasteiger partial charge in [0.05, 0.1) is 12.4 Å². The Hall–Kier alpha value is -1.36. The highest BCUT2D eigenvalue weighted by atomic mass is 35.5. The molecule has 0 aromatic carbocycles. The largest absolute Gasteiger partial charge is 0.480 e. The maximum absolute atomic E-state index is 10.7. The number of carboxylic acid groups (broad SMARTS) is 1. The molecule has 6 heteroatoms. The van der Waals surface area contributed by atoms with Gasteiger partial charge in [0.15, 0.2) is 0 Å². The van der Waals surface area contributed by atoms with Gasteiger partial charge in [-0.3, -0.25) is 4.98 Å². The van der Waals surface area contributed by atoms with Crippen molar-refractivity contribution in [3.63, 3.8) is 0 Å². The summed E-state index contributed by atoms with van der Waals surface area (Å²) < 4.78 is 0. The molecule has 0 spiro atoms. The van der Waals surface area contributed by atoms with Gasteiger partial charge in [0.25, 0.3) is 0 Å². The van der Waals surface area contributed by atoms with E-state index in [4.69, 9.17) is 16.7 Å². The summed E-state index contributed by atoms with van der Waals surface area (Å²) in [4.78, 5) is 19.9. The molecule has 76 valence electrons. The molecular formula is C8H10ClN3O2. The molecule has 0 amide bonds. The van der Waals surface area contributed by atoms with E-state index in [2.05, 4.69) is 9.97 Å². The number of hydrogen-bond acceptors (Lipinski definition) is 4. The first kappa shape index (κ1) is 10.7. The molecule has 1 rings (SSSR count). The molecule has 1 aromatic rings. The summed E-state index contributed by atoms with van der Waals surface area (Å²) in [5.41, 5.74) is 0. The predicted molar refractivity (Wildman–Crippen MR) is 52.5 cm³/mol. The highest BCUT2D eigenvalue weighted by Crippen LogP contribution is 2.13. The van der Waals surface area contributed by atoms with Gasteiger partial charge in [-0.1, -0.05) is 11.6 Å². The van der Waals surface area contributed by atoms with Crippen LogP contribution in [0.2, 0.25) is 5.15 Å². The van der Waals surface area contributed by atoms with Gasteiger partial charge < -0.3 is 10.0 Å². The molecule has 1 heterocycles. The third-order valence-electron chi connectivity index (χ3n) is 1.89. The van der Waals surface area contributed by atoms with Gasteiger partial charge in [0.1, 0.15) is 17.0 Å². The molecule has 0 aliphatic heterocycles. The number of nitrogens with zero attached hydrogens (tertiary/aromatic N) is 3. The zero-order valence-corrected chi connectivity index (χ0v) is 8.56. The van der Waals surface area contributed by atoms with Gasteiger partial charge in [0, 0.05) is 7.05 Å². The van der Waals surface area contributed by atoms with Crippen molar-refractivity contribution in [2.24, 2.45) is 0 Å². The Morgan fingerprint density at radius 3 is 2.79 bits per heavy atom. The summed E-state index contributed by atoms with van der Waals surface area (Å²) in [5, 5.41) is 9.00. The van der Waals surface area contributed by atoms with E-state index < -0.39 is 12.0 Å².